The Morgan fingerprint density at radius 1 is 1.12 bits per heavy atom. The average molecular weight is 362 g/mol. The molecule has 2 N–H and O–H groups in total. The number of hydrogen-bond acceptors (Lipinski definition) is 4. The first-order valence-corrected chi connectivity index (χ1v) is 7.93. The first-order chi connectivity index (χ1) is 11.9. The summed E-state index contributed by atoms with van der Waals surface area (Å²) in [6.07, 6.45) is 0.812. The Morgan fingerprint density at radius 2 is 1.80 bits per heavy atom. The largest absolute Gasteiger partial charge is 0.352 e. The first-order valence-electron chi connectivity index (χ1n) is 7.56. The van der Waals surface area contributed by atoms with Gasteiger partial charge in [0.1, 0.15) is 0 Å². The quantitative estimate of drug-likeness (QED) is 0.605. The van der Waals surface area contributed by atoms with E-state index in [1.54, 1.807) is 6.07 Å². The van der Waals surface area contributed by atoms with Crippen molar-refractivity contribution in [1.29, 1.82) is 0 Å². The maximum absolute atomic E-state index is 12.2. The van der Waals surface area contributed by atoms with Gasteiger partial charge in [-0.1, -0.05) is 18.5 Å². The number of halogens is 1. The van der Waals surface area contributed by atoms with E-state index in [2.05, 4.69) is 10.6 Å². The third-order valence-corrected chi connectivity index (χ3v) is 3.66. The highest BCUT2D eigenvalue weighted by molar-refractivity contribution is 6.34. The van der Waals surface area contributed by atoms with Gasteiger partial charge in [0.2, 0.25) is 0 Å². The lowest BCUT2D eigenvalue weighted by atomic mass is 10.1. The molecule has 7 nitrogen and oxygen atoms in total. The van der Waals surface area contributed by atoms with Gasteiger partial charge in [-0.05, 0) is 36.8 Å². The van der Waals surface area contributed by atoms with Crippen LogP contribution < -0.4 is 10.6 Å². The second-order valence-corrected chi connectivity index (χ2v) is 5.62. The third-order valence-electron chi connectivity index (χ3n) is 3.35. The smallest absolute Gasteiger partial charge is 0.269 e. The number of anilines is 1. The van der Waals surface area contributed by atoms with E-state index < -0.39 is 10.8 Å². The summed E-state index contributed by atoms with van der Waals surface area (Å²) in [6.45, 7) is 2.49. The maximum atomic E-state index is 12.2. The van der Waals surface area contributed by atoms with Gasteiger partial charge >= 0.3 is 0 Å². The molecule has 0 unspecified atom stereocenters. The normalized spacial score (nSPS) is 10.2. The summed E-state index contributed by atoms with van der Waals surface area (Å²) < 4.78 is 0. The van der Waals surface area contributed by atoms with Gasteiger partial charge in [0.15, 0.2) is 0 Å². The molecule has 2 amide bonds. The molecule has 0 atom stereocenters. The molecule has 0 fully saturated rings. The van der Waals surface area contributed by atoms with Crippen molar-refractivity contribution in [3.8, 4) is 0 Å². The molecule has 0 heterocycles. The van der Waals surface area contributed by atoms with Crippen molar-refractivity contribution >= 4 is 34.8 Å². The minimum Gasteiger partial charge on any atom is -0.352 e. The summed E-state index contributed by atoms with van der Waals surface area (Å²) in [5.41, 5.74) is 0.914. The fourth-order valence-electron chi connectivity index (χ4n) is 2.05. The molecule has 0 spiro atoms. The summed E-state index contributed by atoms with van der Waals surface area (Å²) in [4.78, 5) is 34.2. The number of carbonyl (C=O) groups excluding carboxylic acids is 2. The number of amides is 2. The summed E-state index contributed by atoms with van der Waals surface area (Å²) in [6, 6.07) is 9.80. The second kappa shape index (κ2) is 8.25. The van der Waals surface area contributed by atoms with Gasteiger partial charge in [-0.15, -0.1) is 0 Å². The molecular weight excluding hydrogens is 346 g/mol. The van der Waals surface area contributed by atoms with E-state index in [9.17, 15) is 19.7 Å². The molecule has 0 aromatic heterocycles. The van der Waals surface area contributed by atoms with Crippen LogP contribution in [0.15, 0.2) is 42.5 Å². The van der Waals surface area contributed by atoms with Crippen molar-refractivity contribution in [3.05, 3.63) is 68.7 Å². The van der Waals surface area contributed by atoms with E-state index >= 15 is 0 Å². The van der Waals surface area contributed by atoms with Crippen LogP contribution in [0.5, 0.6) is 0 Å². The van der Waals surface area contributed by atoms with Gasteiger partial charge in [-0.25, -0.2) is 0 Å². The highest BCUT2D eigenvalue weighted by Gasteiger charge is 2.13. The third kappa shape index (κ3) is 4.77. The first kappa shape index (κ1) is 18.4. The number of nitro benzene ring substituents is 1. The van der Waals surface area contributed by atoms with Crippen LogP contribution in [0, 0.1) is 10.1 Å². The van der Waals surface area contributed by atoms with Crippen molar-refractivity contribution in [1.82, 2.24) is 5.32 Å². The fraction of sp³-hybridized carbons (Fsp3) is 0.176. The van der Waals surface area contributed by atoms with Gasteiger partial charge in [-0.3, -0.25) is 19.7 Å². The number of nitrogens with zero attached hydrogens (tertiary/aromatic N) is 1. The van der Waals surface area contributed by atoms with Crippen LogP contribution in [-0.2, 0) is 0 Å². The molecule has 25 heavy (non-hydrogen) atoms. The molecule has 130 valence electrons. The van der Waals surface area contributed by atoms with Crippen molar-refractivity contribution in [2.24, 2.45) is 0 Å². The summed E-state index contributed by atoms with van der Waals surface area (Å²) in [5.74, 6) is -0.714. The fourth-order valence-corrected chi connectivity index (χ4v) is 2.31. The Hall–Kier alpha value is -2.93. The Labute approximate surface area is 149 Å². The molecule has 8 heteroatoms. The number of carbonyl (C=O) groups is 2. The van der Waals surface area contributed by atoms with Crippen LogP contribution in [-0.4, -0.2) is 23.3 Å². The van der Waals surface area contributed by atoms with Gasteiger partial charge in [0.25, 0.3) is 17.5 Å². The minimum absolute atomic E-state index is 0.0953. The lowest BCUT2D eigenvalue weighted by molar-refractivity contribution is -0.384. The Kier molecular flexibility index (Phi) is 6.08. The molecule has 0 radical (unpaired) electrons. The monoisotopic (exact) mass is 361 g/mol. The number of non-ortho nitro benzene ring substituents is 1. The topological polar surface area (TPSA) is 101 Å². The number of nitro groups is 1. The molecular formula is C17H16ClN3O4. The molecule has 0 aliphatic carbocycles. The van der Waals surface area contributed by atoms with Crippen LogP contribution in [0.1, 0.15) is 34.1 Å². The van der Waals surface area contributed by atoms with Crippen molar-refractivity contribution < 1.29 is 14.5 Å². The number of benzene rings is 2. The van der Waals surface area contributed by atoms with E-state index in [4.69, 9.17) is 11.6 Å². The SMILES string of the molecule is CCCNC(=O)c1ccc(NC(=O)c2ccc([N+](=O)[O-])cc2)cc1Cl. The van der Waals surface area contributed by atoms with Gasteiger partial charge in [-0.2, -0.15) is 0 Å². The van der Waals surface area contributed by atoms with E-state index in [0.717, 1.165) is 6.42 Å². The highest BCUT2D eigenvalue weighted by atomic mass is 35.5. The predicted molar refractivity (Wildman–Crippen MR) is 95.1 cm³/mol. The van der Waals surface area contributed by atoms with E-state index in [0.29, 0.717) is 17.8 Å². The van der Waals surface area contributed by atoms with Crippen molar-refractivity contribution in [2.45, 2.75) is 13.3 Å². The minimum atomic E-state index is -0.538. The predicted octanol–water partition coefficient (Wildman–Crippen LogP) is 3.64. The van der Waals surface area contributed by atoms with Gasteiger partial charge < -0.3 is 10.6 Å². The van der Waals surface area contributed by atoms with Gasteiger partial charge in [0.05, 0.1) is 15.5 Å². The summed E-state index contributed by atoms with van der Waals surface area (Å²) in [7, 11) is 0. The Morgan fingerprint density at radius 3 is 2.36 bits per heavy atom. The van der Waals surface area contributed by atoms with Crippen LogP contribution in [0.2, 0.25) is 5.02 Å². The Bertz CT molecular complexity index is 806. The summed E-state index contributed by atoms with van der Waals surface area (Å²) >= 11 is 6.10. The van der Waals surface area contributed by atoms with Crippen molar-refractivity contribution in [3.63, 3.8) is 0 Å². The molecule has 0 aliphatic heterocycles. The molecule has 2 rings (SSSR count). The Balaban J connectivity index is 2.09. The standard InChI is InChI=1S/C17H16ClN3O4/c1-2-9-19-17(23)14-8-5-12(10-15(14)18)20-16(22)11-3-6-13(7-4-11)21(24)25/h3-8,10H,2,9H2,1H3,(H,19,23)(H,20,22). The average Bonchev–Trinajstić information content (AvgIpc) is 2.59. The molecule has 2 aromatic carbocycles. The summed E-state index contributed by atoms with van der Waals surface area (Å²) in [5, 5.41) is 16.2. The van der Waals surface area contributed by atoms with Crippen LogP contribution >= 0.6 is 11.6 Å². The van der Waals surface area contributed by atoms with Crippen LogP contribution in [0.25, 0.3) is 0 Å². The zero-order valence-electron chi connectivity index (χ0n) is 13.4. The van der Waals surface area contributed by atoms with E-state index in [-0.39, 0.29) is 22.2 Å². The molecule has 0 saturated carbocycles. The zero-order valence-corrected chi connectivity index (χ0v) is 14.2. The van der Waals surface area contributed by atoms with Crippen LogP contribution in [0.4, 0.5) is 11.4 Å². The number of nitrogens with one attached hydrogen (secondary N) is 2. The highest BCUT2D eigenvalue weighted by Crippen LogP contribution is 2.22. The maximum Gasteiger partial charge on any atom is 0.269 e. The van der Waals surface area contributed by atoms with E-state index in [1.165, 1.54) is 36.4 Å². The molecule has 0 aliphatic rings. The lowest BCUT2D eigenvalue weighted by Gasteiger charge is -2.09. The molecule has 2 aromatic rings. The number of hydrogen-bond donors (Lipinski definition) is 2. The van der Waals surface area contributed by atoms with Crippen LogP contribution in [0.3, 0.4) is 0 Å². The molecule has 0 saturated heterocycles. The lowest BCUT2D eigenvalue weighted by Crippen LogP contribution is -2.24. The zero-order chi connectivity index (χ0) is 18.4. The van der Waals surface area contributed by atoms with Gasteiger partial charge in [0, 0.05) is 29.9 Å². The van der Waals surface area contributed by atoms with Crippen molar-refractivity contribution in [2.75, 3.05) is 11.9 Å². The van der Waals surface area contributed by atoms with E-state index in [1.807, 2.05) is 6.92 Å². The molecule has 0 bridgehead atoms. The number of rotatable bonds is 6. The second-order valence-electron chi connectivity index (χ2n) is 5.21.